The summed E-state index contributed by atoms with van der Waals surface area (Å²) in [6, 6.07) is 7.48. The third-order valence-electron chi connectivity index (χ3n) is 3.47. The molecule has 1 atom stereocenters. The first kappa shape index (κ1) is 16.3. The number of rotatable bonds is 8. The van der Waals surface area contributed by atoms with Crippen LogP contribution in [0.2, 0.25) is 0 Å². The number of para-hydroxylation sites is 2. The predicted octanol–water partition coefficient (Wildman–Crippen LogP) is 3.07. The molecule has 1 unspecified atom stereocenters. The highest BCUT2D eigenvalue weighted by molar-refractivity contribution is 5.78. The lowest BCUT2D eigenvalue weighted by Gasteiger charge is -2.28. The van der Waals surface area contributed by atoms with Crippen LogP contribution in [0.5, 0.6) is 5.75 Å². The summed E-state index contributed by atoms with van der Waals surface area (Å²) in [5.41, 5.74) is 6.36. The van der Waals surface area contributed by atoms with Crippen molar-refractivity contribution in [1.29, 1.82) is 0 Å². The van der Waals surface area contributed by atoms with Crippen LogP contribution >= 0.6 is 0 Å². The number of amides is 1. The quantitative estimate of drug-likeness (QED) is 0.743. The molecule has 0 radical (unpaired) electrons. The van der Waals surface area contributed by atoms with E-state index in [9.17, 15) is 4.79 Å². The minimum absolute atomic E-state index is 0.0241. The van der Waals surface area contributed by atoms with Crippen molar-refractivity contribution >= 4 is 11.6 Å². The van der Waals surface area contributed by atoms with Gasteiger partial charge in [0.25, 0.3) is 5.91 Å². The van der Waals surface area contributed by atoms with Crippen LogP contribution in [0.4, 0.5) is 5.69 Å². The van der Waals surface area contributed by atoms with E-state index in [0.717, 1.165) is 25.8 Å². The molecule has 0 saturated heterocycles. The molecule has 0 bridgehead atoms. The molecule has 0 aromatic heterocycles. The number of anilines is 1. The Morgan fingerprint density at radius 3 is 2.65 bits per heavy atom. The highest BCUT2D eigenvalue weighted by Crippen LogP contribution is 2.19. The SMILES string of the molecule is CCCCN(C(=O)COc1ccccc1N)C(C)CC. The highest BCUT2D eigenvalue weighted by atomic mass is 16.5. The van der Waals surface area contributed by atoms with Gasteiger partial charge >= 0.3 is 0 Å². The summed E-state index contributed by atoms with van der Waals surface area (Å²) in [5, 5.41) is 0. The van der Waals surface area contributed by atoms with Crippen LogP contribution in [-0.4, -0.2) is 30.0 Å². The Morgan fingerprint density at radius 2 is 2.05 bits per heavy atom. The molecule has 112 valence electrons. The van der Waals surface area contributed by atoms with E-state index in [1.54, 1.807) is 12.1 Å². The number of hydrogen-bond acceptors (Lipinski definition) is 3. The molecule has 1 rings (SSSR count). The topological polar surface area (TPSA) is 55.6 Å². The van der Waals surface area contributed by atoms with Crippen LogP contribution in [0.15, 0.2) is 24.3 Å². The van der Waals surface area contributed by atoms with Crippen molar-refractivity contribution in [3.8, 4) is 5.75 Å². The lowest BCUT2D eigenvalue weighted by molar-refractivity contribution is -0.135. The first-order chi connectivity index (χ1) is 9.60. The van der Waals surface area contributed by atoms with Crippen LogP contribution in [0.25, 0.3) is 0 Å². The third-order valence-corrected chi connectivity index (χ3v) is 3.47. The summed E-state index contributed by atoms with van der Waals surface area (Å²) in [6.07, 6.45) is 3.04. The summed E-state index contributed by atoms with van der Waals surface area (Å²) in [4.78, 5) is 14.2. The fourth-order valence-corrected chi connectivity index (χ4v) is 1.97. The van der Waals surface area contributed by atoms with Gasteiger partial charge in [-0.25, -0.2) is 0 Å². The van der Waals surface area contributed by atoms with Crippen molar-refractivity contribution in [3.05, 3.63) is 24.3 Å². The third kappa shape index (κ3) is 4.76. The number of benzene rings is 1. The maximum Gasteiger partial charge on any atom is 0.260 e. The van der Waals surface area contributed by atoms with Crippen molar-refractivity contribution in [3.63, 3.8) is 0 Å². The molecule has 4 nitrogen and oxygen atoms in total. The Hall–Kier alpha value is -1.71. The van der Waals surface area contributed by atoms with E-state index in [-0.39, 0.29) is 18.6 Å². The number of unbranched alkanes of at least 4 members (excludes halogenated alkanes) is 1. The normalized spacial score (nSPS) is 11.9. The lowest BCUT2D eigenvalue weighted by Crippen LogP contribution is -2.41. The molecular formula is C16H26N2O2. The maximum absolute atomic E-state index is 12.3. The van der Waals surface area contributed by atoms with Gasteiger partial charge in [0.15, 0.2) is 6.61 Å². The molecule has 0 heterocycles. The molecule has 0 aliphatic heterocycles. The van der Waals surface area contributed by atoms with Crippen LogP contribution in [0.3, 0.4) is 0 Å². The van der Waals surface area contributed by atoms with Gasteiger partial charge < -0.3 is 15.4 Å². The van der Waals surface area contributed by atoms with Gasteiger partial charge in [-0.3, -0.25) is 4.79 Å². The summed E-state index contributed by atoms with van der Waals surface area (Å²) in [5.74, 6) is 0.594. The van der Waals surface area contributed by atoms with E-state index >= 15 is 0 Å². The molecule has 1 aromatic rings. The number of carbonyl (C=O) groups is 1. The molecule has 0 spiro atoms. The minimum atomic E-state index is 0.0241. The maximum atomic E-state index is 12.3. The van der Waals surface area contributed by atoms with Gasteiger partial charge in [0.05, 0.1) is 5.69 Å². The van der Waals surface area contributed by atoms with Crippen molar-refractivity contribution < 1.29 is 9.53 Å². The molecular weight excluding hydrogens is 252 g/mol. The van der Waals surface area contributed by atoms with E-state index in [0.29, 0.717) is 11.4 Å². The first-order valence-electron chi connectivity index (χ1n) is 7.36. The molecule has 1 aromatic carbocycles. The van der Waals surface area contributed by atoms with Crippen LogP contribution < -0.4 is 10.5 Å². The smallest absolute Gasteiger partial charge is 0.260 e. The molecule has 0 aliphatic rings. The van der Waals surface area contributed by atoms with Crippen molar-refractivity contribution in [2.75, 3.05) is 18.9 Å². The zero-order valence-electron chi connectivity index (χ0n) is 12.8. The van der Waals surface area contributed by atoms with E-state index in [4.69, 9.17) is 10.5 Å². The highest BCUT2D eigenvalue weighted by Gasteiger charge is 2.18. The largest absolute Gasteiger partial charge is 0.482 e. The van der Waals surface area contributed by atoms with E-state index in [2.05, 4.69) is 20.8 Å². The Labute approximate surface area is 121 Å². The fourth-order valence-electron chi connectivity index (χ4n) is 1.97. The molecule has 0 aliphatic carbocycles. The Balaban J connectivity index is 2.59. The van der Waals surface area contributed by atoms with Crippen molar-refractivity contribution in [2.24, 2.45) is 0 Å². The Kier molecular flexibility index (Phi) is 6.91. The van der Waals surface area contributed by atoms with E-state index in [1.165, 1.54) is 0 Å². The second kappa shape index (κ2) is 8.46. The van der Waals surface area contributed by atoms with E-state index < -0.39 is 0 Å². The summed E-state index contributed by atoms with van der Waals surface area (Å²) in [7, 11) is 0. The van der Waals surface area contributed by atoms with Gasteiger partial charge in [0, 0.05) is 12.6 Å². The van der Waals surface area contributed by atoms with Crippen LogP contribution in [0, 0.1) is 0 Å². The van der Waals surface area contributed by atoms with Gasteiger partial charge in [0.2, 0.25) is 0 Å². The average molecular weight is 278 g/mol. The Morgan fingerprint density at radius 1 is 1.35 bits per heavy atom. The van der Waals surface area contributed by atoms with Gasteiger partial charge in [-0.1, -0.05) is 32.4 Å². The van der Waals surface area contributed by atoms with Gasteiger partial charge in [0.1, 0.15) is 5.75 Å². The monoisotopic (exact) mass is 278 g/mol. The molecule has 20 heavy (non-hydrogen) atoms. The fraction of sp³-hybridized carbons (Fsp3) is 0.562. The second-order valence-electron chi connectivity index (χ2n) is 5.02. The molecule has 1 amide bonds. The molecule has 4 heteroatoms. The number of ether oxygens (including phenoxy) is 1. The Bertz CT molecular complexity index is 421. The van der Waals surface area contributed by atoms with Gasteiger partial charge in [-0.05, 0) is 31.9 Å². The number of nitrogens with two attached hydrogens (primary N) is 1. The second-order valence-corrected chi connectivity index (χ2v) is 5.02. The average Bonchev–Trinajstić information content (AvgIpc) is 2.46. The zero-order chi connectivity index (χ0) is 15.0. The van der Waals surface area contributed by atoms with Crippen molar-refractivity contribution in [2.45, 2.75) is 46.1 Å². The molecule has 2 N–H and O–H groups in total. The number of nitrogen functional groups attached to an aromatic ring is 1. The van der Waals surface area contributed by atoms with Crippen LogP contribution in [-0.2, 0) is 4.79 Å². The molecule has 0 fully saturated rings. The number of nitrogens with zero attached hydrogens (tertiary/aromatic N) is 1. The lowest BCUT2D eigenvalue weighted by atomic mass is 10.2. The van der Waals surface area contributed by atoms with Gasteiger partial charge in [-0.2, -0.15) is 0 Å². The number of hydrogen-bond donors (Lipinski definition) is 1. The van der Waals surface area contributed by atoms with Crippen LogP contribution in [0.1, 0.15) is 40.0 Å². The standard InChI is InChI=1S/C16H26N2O2/c1-4-6-11-18(13(3)5-2)16(19)12-20-15-10-8-7-9-14(15)17/h7-10,13H,4-6,11-12,17H2,1-3H3. The summed E-state index contributed by atoms with van der Waals surface area (Å²) < 4.78 is 5.54. The minimum Gasteiger partial charge on any atom is -0.482 e. The number of carbonyl (C=O) groups excluding carboxylic acids is 1. The summed E-state index contributed by atoms with van der Waals surface area (Å²) >= 11 is 0. The van der Waals surface area contributed by atoms with E-state index in [1.807, 2.05) is 17.0 Å². The zero-order valence-corrected chi connectivity index (χ0v) is 12.8. The van der Waals surface area contributed by atoms with Gasteiger partial charge in [-0.15, -0.1) is 0 Å². The first-order valence-corrected chi connectivity index (χ1v) is 7.36. The van der Waals surface area contributed by atoms with Crippen molar-refractivity contribution in [1.82, 2.24) is 4.90 Å². The summed E-state index contributed by atoms with van der Waals surface area (Å²) in [6.45, 7) is 7.12. The predicted molar refractivity (Wildman–Crippen MR) is 82.7 cm³/mol. The molecule has 0 saturated carbocycles.